The van der Waals surface area contributed by atoms with Crippen molar-refractivity contribution in [3.63, 3.8) is 0 Å². The zero-order valence-electron chi connectivity index (χ0n) is 10.9. The molecule has 0 fully saturated rings. The lowest BCUT2D eigenvalue weighted by molar-refractivity contribution is 0.567. The maximum Gasteiger partial charge on any atom is 0.0146 e. The van der Waals surface area contributed by atoms with E-state index in [-0.39, 0.29) is 0 Å². The quantitative estimate of drug-likeness (QED) is 0.758. The topological polar surface area (TPSA) is 38.0 Å². The van der Waals surface area contributed by atoms with Crippen LogP contribution >= 0.6 is 0 Å². The van der Waals surface area contributed by atoms with Crippen molar-refractivity contribution in [1.82, 2.24) is 5.32 Å². The minimum atomic E-state index is 0.400. The lowest BCUT2D eigenvalue weighted by Crippen LogP contribution is -2.27. The first kappa shape index (κ1) is 13.8. The largest absolute Gasteiger partial charge is 0.389 e. The summed E-state index contributed by atoms with van der Waals surface area (Å²) in [7, 11) is 0. The Morgan fingerprint density at radius 2 is 2.00 bits per heavy atom. The number of nitrogens with one attached hydrogen (secondary N) is 1. The van der Waals surface area contributed by atoms with Crippen LogP contribution in [0.2, 0.25) is 0 Å². The van der Waals surface area contributed by atoms with Gasteiger partial charge in [0.2, 0.25) is 0 Å². The van der Waals surface area contributed by atoms with Crippen LogP contribution in [-0.4, -0.2) is 13.1 Å². The first-order valence-corrected chi connectivity index (χ1v) is 6.49. The van der Waals surface area contributed by atoms with Gasteiger partial charge in [0.15, 0.2) is 0 Å². The molecule has 0 aliphatic rings. The molecule has 2 nitrogen and oxygen atoms in total. The van der Waals surface area contributed by atoms with Gasteiger partial charge in [0.25, 0.3) is 0 Å². The van der Waals surface area contributed by atoms with Gasteiger partial charge in [-0.05, 0) is 25.3 Å². The molecule has 1 unspecified atom stereocenters. The Morgan fingerprint density at radius 1 is 1.29 bits per heavy atom. The molecule has 17 heavy (non-hydrogen) atoms. The van der Waals surface area contributed by atoms with Gasteiger partial charge in [0, 0.05) is 24.7 Å². The predicted molar refractivity (Wildman–Crippen MR) is 74.7 cm³/mol. The smallest absolute Gasteiger partial charge is 0.0146 e. The summed E-state index contributed by atoms with van der Waals surface area (Å²) in [4.78, 5) is 0. The number of benzene rings is 1. The average Bonchev–Trinajstić information content (AvgIpc) is 2.37. The Labute approximate surface area is 105 Å². The van der Waals surface area contributed by atoms with Gasteiger partial charge in [-0.15, -0.1) is 0 Å². The summed E-state index contributed by atoms with van der Waals surface area (Å²) in [5, 5.41) is 3.44. The van der Waals surface area contributed by atoms with Crippen LogP contribution in [0, 0.1) is 5.92 Å². The lowest BCUT2D eigenvalue weighted by atomic mass is 9.95. The Balaban J connectivity index is 2.72. The molecule has 0 aliphatic heterocycles. The monoisotopic (exact) mass is 232 g/mol. The molecule has 0 spiro atoms. The number of nitrogens with two attached hydrogens (primary N) is 1. The van der Waals surface area contributed by atoms with E-state index in [9.17, 15) is 0 Å². The second kappa shape index (κ2) is 7.91. The summed E-state index contributed by atoms with van der Waals surface area (Å²) in [6, 6.07) is 10.5. The van der Waals surface area contributed by atoms with Gasteiger partial charge in [-0.25, -0.2) is 0 Å². The van der Waals surface area contributed by atoms with E-state index < -0.39 is 0 Å². The van der Waals surface area contributed by atoms with Gasteiger partial charge < -0.3 is 11.1 Å². The van der Waals surface area contributed by atoms with Crippen molar-refractivity contribution in [2.45, 2.75) is 26.7 Å². The van der Waals surface area contributed by atoms with E-state index in [0.717, 1.165) is 19.4 Å². The molecular formula is C15H24N2. The number of rotatable bonds is 7. The Bertz CT molecular complexity index is 330. The Kier molecular flexibility index (Phi) is 6.41. The van der Waals surface area contributed by atoms with Crippen molar-refractivity contribution < 1.29 is 0 Å². The van der Waals surface area contributed by atoms with Gasteiger partial charge in [0.1, 0.15) is 0 Å². The molecule has 1 aromatic carbocycles. The third kappa shape index (κ3) is 4.61. The highest BCUT2D eigenvalue weighted by Gasteiger charge is 2.12. The molecule has 2 heteroatoms. The van der Waals surface area contributed by atoms with Gasteiger partial charge in [-0.2, -0.15) is 0 Å². The summed E-state index contributed by atoms with van der Waals surface area (Å²) >= 11 is 0. The maximum absolute atomic E-state index is 5.90. The zero-order valence-corrected chi connectivity index (χ0v) is 10.9. The maximum atomic E-state index is 5.90. The molecule has 1 rings (SSSR count). The van der Waals surface area contributed by atoms with Crippen LogP contribution in [0.15, 0.2) is 42.1 Å². The van der Waals surface area contributed by atoms with E-state index in [2.05, 4.69) is 49.5 Å². The number of allylic oxidation sites excluding steroid dienone is 1. The van der Waals surface area contributed by atoms with Crippen LogP contribution in [0.1, 0.15) is 25.8 Å². The van der Waals surface area contributed by atoms with Crippen LogP contribution in [0.4, 0.5) is 0 Å². The molecule has 1 atom stereocenters. The summed E-state index contributed by atoms with van der Waals surface area (Å²) in [6.07, 6.45) is 4.31. The summed E-state index contributed by atoms with van der Waals surface area (Å²) in [5.74, 6) is 0.400. The van der Waals surface area contributed by atoms with Crippen LogP contribution < -0.4 is 11.1 Å². The lowest BCUT2D eigenvalue weighted by Gasteiger charge is -2.20. The highest BCUT2D eigenvalue weighted by Crippen LogP contribution is 2.15. The molecular weight excluding hydrogens is 208 g/mol. The van der Waals surface area contributed by atoms with E-state index in [1.807, 2.05) is 6.07 Å². The van der Waals surface area contributed by atoms with Crippen LogP contribution in [0.25, 0.3) is 0 Å². The predicted octanol–water partition coefficient (Wildman–Crippen LogP) is 2.71. The summed E-state index contributed by atoms with van der Waals surface area (Å²) < 4.78 is 0. The highest BCUT2D eigenvalue weighted by atomic mass is 14.9. The van der Waals surface area contributed by atoms with Crippen LogP contribution in [-0.2, 0) is 6.42 Å². The van der Waals surface area contributed by atoms with Gasteiger partial charge >= 0.3 is 0 Å². The standard InChI is InChI=1S/C15H24N2/c1-3-8-15(17-4-2)14(12-16)11-13-9-6-5-7-10-13/h5-10,14,17H,3-4,11-12,16H2,1-2H3. The molecule has 0 aromatic heterocycles. The fourth-order valence-corrected chi connectivity index (χ4v) is 2.03. The Morgan fingerprint density at radius 3 is 2.53 bits per heavy atom. The third-order valence-electron chi connectivity index (χ3n) is 2.85. The van der Waals surface area contributed by atoms with E-state index >= 15 is 0 Å². The van der Waals surface area contributed by atoms with Crippen molar-refractivity contribution in [3.05, 3.63) is 47.7 Å². The first-order valence-electron chi connectivity index (χ1n) is 6.49. The number of hydrogen-bond acceptors (Lipinski definition) is 2. The van der Waals surface area contributed by atoms with E-state index in [0.29, 0.717) is 12.5 Å². The second-order valence-electron chi connectivity index (χ2n) is 4.22. The van der Waals surface area contributed by atoms with Crippen molar-refractivity contribution in [2.75, 3.05) is 13.1 Å². The fourth-order valence-electron chi connectivity index (χ4n) is 2.03. The van der Waals surface area contributed by atoms with Gasteiger partial charge in [-0.3, -0.25) is 0 Å². The molecule has 0 radical (unpaired) electrons. The minimum absolute atomic E-state index is 0.400. The van der Waals surface area contributed by atoms with Crippen molar-refractivity contribution >= 4 is 0 Å². The molecule has 0 amide bonds. The van der Waals surface area contributed by atoms with Crippen molar-refractivity contribution in [3.8, 4) is 0 Å². The average molecular weight is 232 g/mol. The summed E-state index contributed by atoms with van der Waals surface area (Å²) in [5.41, 5.74) is 8.54. The number of hydrogen-bond donors (Lipinski definition) is 2. The highest BCUT2D eigenvalue weighted by molar-refractivity contribution is 5.18. The summed E-state index contributed by atoms with van der Waals surface area (Å²) in [6.45, 7) is 5.93. The van der Waals surface area contributed by atoms with E-state index in [1.165, 1.54) is 11.3 Å². The SMILES string of the molecule is CCC=C(NCC)C(CN)Cc1ccccc1. The van der Waals surface area contributed by atoms with Gasteiger partial charge in [0.05, 0.1) is 0 Å². The van der Waals surface area contributed by atoms with Crippen molar-refractivity contribution in [1.29, 1.82) is 0 Å². The second-order valence-corrected chi connectivity index (χ2v) is 4.22. The van der Waals surface area contributed by atoms with Crippen molar-refractivity contribution in [2.24, 2.45) is 11.7 Å². The van der Waals surface area contributed by atoms with Crippen LogP contribution in [0.3, 0.4) is 0 Å². The molecule has 0 saturated carbocycles. The molecule has 0 bridgehead atoms. The zero-order chi connectivity index (χ0) is 12.5. The Hall–Kier alpha value is -1.28. The molecule has 0 saturated heterocycles. The van der Waals surface area contributed by atoms with E-state index in [1.54, 1.807) is 0 Å². The molecule has 94 valence electrons. The molecule has 0 aliphatic carbocycles. The minimum Gasteiger partial charge on any atom is -0.389 e. The molecule has 3 N–H and O–H groups in total. The van der Waals surface area contributed by atoms with Gasteiger partial charge in [-0.1, -0.05) is 43.3 Å². The molecule has 1 aromatic rings. The normalized spacial score (nSPS) is 13.5. The van der Waals surface area contributed by atoms with E-state index in [4.69, 9.17) is 5.73 Å². The first-order chi connectivity index (χ1) is 8.31. The third-order valence-corrected chi connectivity index (χ3v) is 2.85. The van der Waals surface area contributed by atoms with Crippen LogP contribution in [0.5, 0.6) is 0 Å². The fraction of sp³-hybridized carbons (Fsp3) is 0.467. The molecule has 0 heterocycles.